The maximum Gasteiger partial charge on any atom is -0.0417 e. The first-order chi connectivity index (χ1) is 7.72. The van der Waals surface area contributed by atoms with Gasteiger partial charge in [0.15, 0.2) is 0 Å². The second kappa shape index (κ2) is 11.5. The molecule has 0 saturated heterocycles. The van der Waals surface area contributed by atoms with E-state index in [0.717, 1.165) is 11.8 Å². The Morgan fingerprint density at radius 3 is 1.25 bits per heavy atom. The number of hydrogen-bond acceptors (Lipinski definition) is 0. The van der Waals surface area contributed by atoms with E-state index in [1.54, 1.807) is 0 Å². The average molecular weight is 226 g/mol. The Morgan fingerprint density at radius 2 is 0.938 bits per heavy atom. The standard InChI is InChI=1S/C16H34/c1-5-7-9-11-13-15(3)16(4)14-12-10-8-6-2/h15-16H,5-14H2,1-4H3. The fourth-order valence-electron chi connectivity index (χ4n) is 2.36. The maximum atomic E-state index is 2.45. The molecule has 0 N–H and O–H groups in total. The van der Waals surface area contributed by atoms with Crippen LogP contribution < -0.4 is 0 Å². The zero-order chi connectivity index (χ0) is 12.2. The molecule has 0 bridgehead atoms. The molecular formula is C16H34. The van der Waals surface area contributed by atoms with E-state index in [2.05, 4.69) is 27.7 Å². The van der Waals surface area contributed by atoms with E-state index < -0.39 is 0 Å². The van der Waals surface area contributed by atoms with Gasteiger partial charge < -0.3 is 0 Å². The second-order valence-electron chi connectivity index (χ2n) is 5.65. The normalized spacial score (nSPS) is 15.0. The van der Waals surface area contributed by atoms with Gasteiger partial charge in [-0.2, -0.15) is 0 Å². The van der Waals surface area contributed by atoms with Gasteiger partial charge in [-0.1, -0.05) is 91.9 Å². The third-order valence-electron chi connectivity index (χ3n) is 4.00. The fourth-order valence-corrected chi connectivity index (χ4v) is 2.36. The molecule has 0 saturated carbocycles. The molecule has 0 aliphatic carbocycles. The van der Waals surface area contributed by atoms with Crippen molar-refractivity contribution in [2.75, 3.05) is 0 Å². The minimum absolute atomic E-state index is 0.943. The molecule has 0 aromatic rings. The number of rotatable bonds is 11. The quantitative estimate of drug-likeness (QED) is 0.368. The first kappa shape index (κ1) is 16.0. The van der Waals surface area contributed by atoms with Crippen molar-refractivity contribution < 1.29 is 0 Å². The Morgan fingerprint density at radius 1 is 0.562 bits per heavy atom. The molecule has 2 unspecified atom stereocenters. The Labute approximate surface area is 104 Å². The molecule has 2 atom stereocenters. The minimum atomic E-state index is 0.943. The molecule has 0 heterocycles. The van der Waals surface area contributed by atoms with E-state index in [-0.39, 0.29) is 0 Å². The van der Waals surface area contributed by atoms with Gasteiger partial charge in [-0.05, 0) is 11.8 Å². The van der Waals surface area contributed by atoms with Crippen LogP contribution in [0, 0.1) is 11.8 Å². The molecule has 0 aromatic carbocycles. The van der Waals surface area contributed by atoms with Gasteiger partial charge in [0.05, 0.1) is 0 Å². The molecule has 0 spiro atoms. The van der Waals surface area contributed by atoms with Gasteiger partial charge in [-0.25, -0.2) is 0 Å². The van der Waals surface area contributed by atoms with Crippen LogP contribution in [0.1, 0.15) is 91.9 Å². The highest BCUT2D eigenvalue weighted by molar-refractivity contribution is 4.62. The lowest BCUT2D eigenvalue weighted by atomic mass is 9.87. The van der Waals surface area contributed by atoms with Crippen molar-refractivity contribution in [2.24, 2.45) is 11.8 Å². The Hall–Kier alpha value is 0. The highest BCUT2D eigenvalue weighted by Gasteiger charge is 2.11. The Balaban J connectivity index is 3.38. The van der Waals surface area contributed by atoms with Crippen LogP contribution in [-0.2, 0) is 0 Å². The van der Waals surface area contributed by atoms with Crippen molar-refractivity contribution in [2.45, 2.75) is 91.9 Å². The van der Waals surface area contributed by atoms with Crippen LogP contribution in [0.25, 0.3) is 0 Å². The SMILES string of the molecule is CCCCCCC(C)C(C)CCCCCC. The zero-order valence-electron chi connectivity index (χ0n) is 12.2. The van der Waals surface area contributed by atoms with E-state index in [9.17, 15) is 0 Å². The number of unbranched alkanes of at least 4 members (excludes halogenated alkanes) is 6. The van der Waals surface area contributed by atoms with E-state index in [4.69, 9.17) is 0 Å². The number of hydrogen-bond donors (Lipinski definition) is 0. The third kappa shape index (κ3) is 9.24. The van der Waals surface area contributed by atoms with Gasteiger partial charge in [0.25, 0.3) is 0 Å². The molecule has 0 aliphatic rings. The molecule has 0 heteroatoms. The van der Waals surface area contributed by atoms with E-state index in [1.807, 2.05) is 0 Å². The molecule has 0 amide bonds. The molecule has 0 radical (unpaired) electrons. The van der Waals surface area contributed by atoms with Gasteiger partial charge >= 0.3 is 0 Å². The summed E-state index contributed by atoms with van der Waals surface area (Å²) in [5.41, 5.74) is 0. The molecule has 98 valence electrons. The molecule has 0 aliphatic heterocycles. The van der Waals surface area contributed by atoms with Gasteiger partial charge in [-0.15, -0.1) is 0 Å². The van der Waals surface area contributed by atoms with E-state index in [0.29, 0.717) is 0 Å². The first-order valence-corrected chi connectivity index (χ1v) is 7.72. The summed E-state index contributed by atoms with van der Waals surface area (Å²) in [7, 11) is 0. The van der Waals surface area contributed by atoms with Crippen LogP contribution in [0.5, 0.6) is 0 Å². The Kier molecular flexibility index (Phi) is 11.5. The van der Waals surface area contributed by atoms with E-state index in [1.165, 1.54) is 64.2 Å². The van der Waals surface area contributed by atoms with Crippen LogP contribution >= 0.6 is 0 Å². The molecule has 0 aromatic heterocycles. The van der Waals surface area contributed by atoms with Crippen molar-refractivity contribution in [3.63, 3.8) is 0 Å². The van der Waals surface area contributed by atoms with Crippen LogP contribution in [0.2, 0.25) is 0 Å². The second-order valence-corrected chi connectivity index (χ2v) is 5.65. The molecule has 16 heavy (non-hydrogen) atoms. The van der Waals surface area contributed by atoms with Gasteiger partial charge in [0, 0.05) is 0 Å². The van der Waals surface area contributed by atoms with Crippen molar-refractivity contribution in [3.05, 3.63) is 0 Å². The predicted molar refractivity (Wildman–Crippen MR) is 75.8 cm³/mol. The van der Waals surface area contributed by atoms with Crippen LogP contribution in [0.3, 0.4) is 0 Å². The predicted octanol–water partition coefficient (Wildman–Crippen LogP) is 6.20. The van der Waals surface area contributed by atoms with Crippen molar-refractivity contribution in [1.29, 1.82) is 0 Å². The highest BCUT2D eigenvalue weighted by atomic mass is 14.2. The first-order valence-electron chi connectivity index (χ1n) is 7.72. The molecule has 0 fully saturated rings. The summed E-state index contributed by atoms with van der Waals surface area (Å²) in [6, 6.07) is 0. The fraction of sp³-hybridized carbons (Fsp3) is 1.00. The summed E-state index contributed by atoms with van der Waals surface area (Å²) >= 11 is 0. The molecular weight excluding hydrogens is 192 g/mol. The summed E-state index contributed by atoms with van der Waals surface area (Å²) in [6.07, 6.45) is 14.3. The lowest BCUT2D eigenvalue weighted by Crippen LogP contribution is -2.08. The summed E-state index contributed by atoms with van der Waals surface area (Å²) in [5.74, 6) is 1.89. The van der Waals surface area contributed by atoms with Gasteiger partial charge in [0.2, 0.25) is 0 Å². The maximum absolute atomic E-state index is 2.45. The zero-order valence-corrected chi connectivity index (χ0v) is 12.2. The third-order valence-corrected chi connectivity index (χ3v) is 4.00. The lowest BCUT2D eigenvalue weighted by molar-refractivity contribution is 0.323. The van der Waals surface area contributed by atoms with E-state index >= 15 is 0 Å². The summed E-state index contributed by atoms with van der Waals surface area (Å²) in [5, 5.41) is 0. The molecule has 0 nitrogen and oxygen atoms in total. The average Bonchev–Trinajstić information content (AvgIpc) is 2.29. The van der Waals surface area contributed by atoms with Crippen molar-refractivity contribution >= 4 is 0 Å². The summed E-state index contributed by atoms with van der Waals surface area (Å²) < 4.78 is 0. The summed E-state index contributed by atoms with van der Waals surface area (Å²) in [4.78, 5) is 0. The lowest BCUT2D eigenvalue weighted by Gasteiger charge is -2.19. The van der Waals surface area contributed by atoms with Crippen LogP contribution in [-0.4, -0.2) is 0 Å². The topological polar surface area (TPSA) is 0 Å². The monoisotopic (exact) mass is 226 g/mol. The highest BCUT2D eigenvalue weighted by Crippen LogP contribution is 2.23. The van der Waals surface area contributed by atoms with Crippen LogP contribution in [0.4, 0.5) is 0 Å². The van der Waals surface area contributed by atoms with Crippen LogP contribution in [0.15, 0.2) is 0 Å². The minimum Gasteiger partial charge on any atom is -0.0654 e. The smallest absolute Gasteiger partial charge is 0.0417 e. The molecule has 0 rings (SSSR count). The van der Waals surface area contributed by atoms with Gasteiger partial charge in [-0.3, -0.25) is 0 Å². The van der Waals surface area contributed by atoms with Crippen molar-refractivity contribution in [1.82, 2.24) is 0 Å². The largest absolute Gasteiger partial charge is 0.0654 e. The van der Waals surface area contributed by atoms with Crippen molar-refractivity contribution in [3.8, 4) is 0 Å². The Bertz CT molecular complexity index is 112. The summed E-state index contributed by atoms with van der Waals surface area (Å²) in [6.45, 7) is 9.49. The van der Waals surface area contributed by atoms with Gasteiger partial charge in [0.1, 0.15) is 0 Å².